The molecule has 0 bridgehead atoms. The third kappa shape index (κ3) is 3.86. The maximum atomic E-state index is 10.7. The Hall–Kier alpha value is -1.62. The summed E-state index contributed by atoms with van der Waals surface area (Å²) in [4.78, 5) is 14.6. The zero-order chi connectivity index (χ0) is 10.2. The predicted molar refractivity (Wildman–Crippen MR) is 51.3 cm³/mol. The van der Waals surface area contributed by atoms with Crippen molar-refractivity contribution in [3.63, 3.8) is 0 Å². The van der Waals surface area contributed by atoms with Gasteiger partial charge in [-0.1, -0.05) is 0 Å². The van der Waals surface area contributed by atoms with Crippen LogP contribution >= 0.6 is 0 Å². The van der Waals surface area contributed by atoms with E-state index in [0.29, 0.717) is 25.2 Å². The number of rotatable bonds is 5. The molecule has 14 heavy (non-hydrogen) atoms. The van der Waals surface area contributed by atoms with Crippen LogP contribution in [-0.2, 0) is 4.79 Å². The Labute approximate surface area is 82.2 Å². The molecule has 0 saturated heterocycles. The largest absolute Gasteiger partial charge is 0.492 e. The van der Waals surface area contributed by atoms with Crippen LogP contribution in [0.25, 0.3) is 0 Å². The molecule has 0 aliphatic carbocycles. The van der Waals surface area contributed by atoms with E-state index in [9.17, 15) is 4.79 Å². The van der Waals surface area contributed by atoms with Crippen LogP contribution in [0.15, 0.2) is 24.5 Å². The van der Waals surface area contributed by atoms with Crippen LogP contribution in [0, 0.1) is 0 Å². The summed E-state index contributed by atoms with van der Waals surface area (Å²) in [5.41, 5.74) is 2.06. The Bertz CT molecular complexity index is 277. The van der Waals surface area contributed by atoms with Crippen LogP contribution < -0.4 is 16.0 Å². The molecule has 76 valence electrons. The summed E-state index contributed by atoms with van der Waals surface area (Å²) in [5.74, 6) is 5.44. The average molecular weight is 195 g/mol. The van der Waals surface area contributed by atoms with Gasteiger partial charge in [0.25, 0.3) is 0 Å². The molecule has 3 N–H and O–H groups in total. The summed E-state index contributed by atoms with van der Waals surface area (Å²) in [7, 11) is 0. The van der Waals surface area contributed by atoms with E-state index in [4.69, 9.17) is 10.6 Å². The normalized spacial score (nSPS) is 9.50. The van der Waals surface area contributed by atoms with Gasteiger partial charge in [-0.15, -0.1) is 0 Å². The van der Waals surface area contributed by atoms with Crippen molar-refractivity contribution in [3.05, 3.63) is 24.5 Å². The molecule has 0 spiro atoms. The van der Waals surface area contributed by atoms with Gasteiger partial charge in [-0.25, -0.2) is 5.84 Å². The van der Waals surface area contributed by atoms with Crippen LogP contribution in [0.3, 0.4) is 0 Å². The fourth-order valence-electron chi connectivity index (χ4n) is 0.927. The summed E-state index contributed by atoms with van der Waals surface area (Å²) in [6.45, 7) is 0.485. The van der Waals surface area contributed by atoms with E-state index in [0.717, 1.165) is 0 Å². The molecule has 0 aliphatic heterocycles. The van der Waals surface area contributed by atoms with Gasteiger partial charge in [-0.2, -0.15) is 0 Å². The van der Waals surface area contributed by atoms with Gasteiger partial charge in [0.1, 0.15) is 5.75 Å². The predicted octanol–water partition coefficient (Wildman–Crippen LogP) is 0.230. The molecule has 0 atom stereocenters. The quantitative estimate of drug-likeness (QED) is 0.305. The topological polar surface area (TPSA) is 77.2 Å². The molecule has 0 saturated carbocycles. The van der Waals surface area contributed by atoms with Crippen LogP contribution in [0.4, 0.5) is 0 Å². The minimum atomic E-state index is -0.181. The third-order valence-corrected chi connectivity index (χ3v) is 1.61. The monoisotopic (exact) mass is 195 g/mol. The highest BCUT2D eigenvalue weighted by atomic mass is 16.5. The van der Waals surface area contributed by atoms with Crippen molar-refractivity contribution in [1.29, 1.82) is 0 Å². The van der Waals surface area contributed by atoms with Gasteiger partial charge >= 0.3 is 0 Å². The van der Waals surface area contributed by atoms with Crippen LogP contribution in [0.1, 0.15) is 12.8 Å². The Morgan fingerprint density at radius 1 is 1.64 bits per heavy atom. The smallest absolute Gasteiger partial charge is 0.234 e. The lowest BCUT2D eigenvalue weighted by atomic mass is 10.3. The van der Waals surface area contributed by atoms with Crippen molar-refractivity contribution in [2.75, 3.05) is 6.61 Å². The number of hydrogen-bond acceptors (Lipinski definition) is 4. The summed E-state index contributed by atoms with van der Waals surface area (Å²) in [6.07, 6.45) is 4.31. The van der Waals surface area contributed by atoms with Gasteiger partial charge in [0.2, 0.25) is 5.91 Å². The number of nitrogens with zero attached hydrogens (tertiary/aromatic N) is 1. The number of aromatic nitrogens is 1. The minimum Gasteiger partial charge on any atom is -0.492 e. The van der Waals surface area contributed by atoms with Crippen LogP contribution in [0.5, 0.6) is 5.75 Å². The van der Waals surface area contributed by atoms with E-state index in [2.05, 4.69) is 10.4 Å². The molecule has 1 rings (SSSR count). The van der Waals surface area contributed by atoms with E-state index in [-0.39, 0.29) is 5.91 Å². The molecule has 0 aliphatic rings. The SMILES string of the molecule is NNC(=O)CCCOc1cccnc1. The van der Waals surface area contributed by atoms with E-state index in [1.54, 1.807) is 18.5 Å². The molecule has 5 heteroatoms. The summed E-state index contributed by atoms with van der Waals surface area (Å²) in [5, 5.41) is 0. The highest BCUT2D eigenvalue weighted by molar-refractivity contribution is 5.75. The Balaban J connectivity index is 2.13. The van der Waals surface area contributed by atoms with Gasteiger partial charge in [0.15, 0.2) is 0 Å². The van der Waals surface area contributed by atoms with Crippen molar-refractivity contribution in [1.82, 2.24) is 10.4 Å². The number of carbonyl (C=O) groups is 1. The van der Waals surface area contributed by atoms with Gasteiger partial charge in [0.05, 0.1) is 12.8 Å². The fraction of sp³-hybridized carbons (Fsp3) is 0.333. The first-order chi connectivity index (χ1) is 6.83. The lowest BCUT2D eigenvalue weighted by Crippen LogP contribution is -2.29. The zero-order valence-corrected chi connectivity index (χ0v) is 7.77. The molecular weight excluding hydrogens is 182 g/mol. The standard InChI is InChI=1S/C9H13N3O2/c10-12-9(13)4-2-6-14-8-3-1-5-11-7-8/h1,3,5,7H,2,4,6,10H2,(H,12,13). The summed E-state index contributed by atoms with van der Waals surface area (Å²) in [6, 6.07) is 3.61. The number of nitrogens with one attached hydrogen (secondary N) is 1. The number of nitrogens with two attached hydrogens (primary N) is 1. The number of carbonyl (C=O) groups excluding carboxylic acids is 1. The molecule has 1 heterocycles. The lowest BCUT2D eigenvalue weighted by molar-refractivity contribution is -0.121. The fourth-order valence-corrected chi connectivity index (χ4v) is 0.927. The van der Waals surface area contributed by atoms with Crippen molar-refractivity contribution < 1.29 is 9.53 Å². The van der Waals surface area contributed by atoms with E-state index < -0.39 is 0 Å². The first-order valence-electron chi connectivity index (χ1n) is 4.35. The van der Waals surface area contributed by atoms with Gasteiger partial charge in [-0.3, -0.25) is 15.2 Å². The zero-order valence-electron chi connectivity index (χ0n) is 7.77. The van der Waals surface area contributed by atoms with Crippen molar-refractivity contribution in [2.24, 2.45) is 5.84 Å². The lowest BCUT2D eigenvalue weighted by Gasteiger charge is -2.04. The molecule has 0 radical (unpaired) electrons. The van der Waals surface area contributed by atoms with Gasteiger partial charge in [-0.05, 0) is 18.6 Å². The Kier molecular flexibility index (Phi) is 4.43. The van der Waals surface area contributed by atoms with E-state index in [1.165, 1.54) is 0 Å². The highest BCUT2D eigenvalue weighted by Crippen LogP contribution is 2.06. The number of ether oxygens (including phenoxy) is 1. The molecule has 0 unspecified atom stereocenters. The molecule has 0 fully saturated rings. The second kappa shape index (κ2) is 5.93. The number of amides is 1. The maximum Gasteiger partial charge on any atom is 0.234 e. The van der Waals surface area contributed by atoms with Crippen molar-refractivity contribution in [2.45, 2.75) is 12.8 Å². The molecule has 1 aromatic heterocycles. The van der Waals surface area contributed by atoms with Crippen LogP contribution in [0.2, 0.25) is 0 Å². The maximum absolute atomic E-state index is 10.7. The molecule has 5 nitrogen and oxygen atoms in total. The van der Waals surface area contributed by atoms with E-state index >= 15 is 0 Å². The first-order valence-corrected chi connectivity index (χ1v) is 4.35. The minimum absolute atomic E-state index is 0.181. The van der Waals surface area contributed by atoms with Crippen molar-refractivity contribution in [3.8, 4) is 5.75 Å². The molecule has 1 aromatic rings. The molecule has 1 amide bonds. The molecule has 0 aromatic carbocycles. The Morgan fingerprint density at radius 2 is 2.50 bits per heavy atom. The van der Waals surface area contributed by atoms with Crippen molar-refractivity contribution >= 4 is 5.91 Å². The Morgan fingerprint density at radius 3 is 3.14 bits per heavy atom. The summed E-state index contributed by atoms with van der Waals surface area (Å²) < 4.78 is 5.32. The first kappa shape index (κ1) is 10.5. The summed E-state index contributed by atoms with van der Waals surface area (Å²) >= 11 is 0. The second-order valence-electron chi connectivity index (χ2n) is 2.71. The third-order valence-electron chi connectivity index (χ3n) is 1.61. The second-order valence-corrected chi connectivity index (χ2v) is 2.71. The number of pyridine rings is 1. The number of hydrazine groups is 1. The van der Waals surface area contributed by atoms with E-state index in [1.807, 2.05) is 6.07 Å². The van der Waals surface area contributed by atoms with Gasteiger partial charge in [0, 0.05) is 12.6 Å². The van der Waals surface area contributed by atoms with Gasteiger partial charge < -0.3 is 4.74 Å². The number of hydrogen-bond donors (Lipinski definition) is 2. The molecular formula is C9H13N3O2. The average Bonchev–Trinajstić information content (AvgIpc) is 2.25. The highest BCUT2D eigenvalue weighted by Gasteiger charge is 1.98. The van der Waals surface area contributed by atoms with Crippen LogP contribution in [-0.4, -0.2) is 17.5 Å².